The molecule has 0 atom stereocenters. The standard InChI is InChI=1S/C24H18N6O3/c31-23-18-10-17(14-3-2-8-25-11-14)19(24(32)33)9-15(18)12-29(23)21-5-1-4-20(27-21)22-28-26-13-30(22)16-6-7-16/h1-5,8-11,13,16H,6-7,12H2,(H,32,33). The lowest BCUT2D eigenvalue weighted by Gasteiger charge is -2.15. The zero-order chi connectivity index (χ0) is 22.5. The highest BCUT2D eigenvalue weighted by Gasteiger charge is 2.32. The average molecular weight is 438 g/mol. The fraction of sp³-hybridized carbons (Fsp3) is 0.167. The molecule has 9 nitrogen and oxygen atoms in total. The van der Waals surface area contributed by atoms with Crippen molar-refractivity contribution >= 4 is 17.7 Å². The number of rotatable bonds is 5. The van der Waals surface area contributed by atoms with Crippen LogP contribution in [0.15, 0.2) is 61.2 Å². The van der Waals surface area contributed by atoms with Crippen molar-refractivity contribution in [2.75, 3.05) is 4.90 Å². The molecule has 0 spiro atoms. The molecule has 4 aromatic rings. The van der Waals surface area contributed by atoms with Crippen LogP contribution in [0.3, 0.4) is 0 Å². The second kappa shape index (κ2) is 7.33. The highest BCUT2D eigenvalue weighted by atomic mass is 16.4. The number of fused-ring (bicyclic) bond motifs is 1. The Hall–Kier alpha value is -4.40. The molecule has 9 heteroatoms. The Bertz CT molecular complexity index is 1410. The molecule has 1 saturated carbocycles. The van der Waals surface area contributed by atoms with Gasteiger partial charge < -0.3 is 9.67 Å². The lowest BCUT2D eigenvalue weighted by Crippen LogP contribution is -2.24. The second-order valence-electron chi connectivity index (χ2n) is 8.17. The molecule has 1 aliphatic carbocycles. The molecule has 0 radical (unpaired) electrons. The number of pyridine rings is 2. The highest BCUT2D eigenvalue weighted by molar-refractivity contribution is 6.11. The number of aromatic nitrogens is 5. The summed E-state index contributed by atoms with van der Waals surface area (Å²) >= 11 is 0. The van der Waals surface area contributed by atoms with Gasteiger partial charge in [-0.3, -0.25) is 14.7 Å². The summed E-state index contributed by atoms with van der Waals surface area (Å²) in [5.74, 6) is -0.114. The van der Waals surface area contributed by atoms with E-state index in [0.29, 0.717) is 45.6 Å². The second-order valence-corrected chi connectivity index (χ2v) is 8.17. The van der Waals surface area contributed by atoms with Crippen LogP contribution in [-0.4, -0.2) is 41.7 Å². The highest BCUT2D eigenvalue weighted by Crippen LogP contribution is 2.38. The Morgan fingerprint density at radius 2 is 1.97 bits per heavy atom. The monoisotopic (exact) mass is 438 g/mol. The van der Waals surface area contributed by atoms with E-state index in [0.717, 1.165) is 12.8 Å². The molecule has 162 valence electrons. The summed E-state index contributed by atoms with van der Waals surface area (Å²) in [6.07, 6.45) is 7.11. The maximum absolute atomic E-state index is 13.3. The van der Waals surface area contributed by atoms with Gasteiger partial charge in [0.1, 0.15) is 17.8 Å². The first-order valence-electron chi connectivity index (χ1n) is 10.6. The van der Waals surface area contributed by atoms with E-state index in [-0.39, 0.29) is 18.0 Å². The molecular weight excluding hydrogens is 420 g/mol. The number of amides is 1. The molecular formula is C24H18N6O3. The first kappa shape index (κ1) is 19.3. The van der Waals surface area contributed by atoms with Crippen molar-refractivity contribution in [2.24, 2.45) is 0 Å². The maximum Gasteiger partial charge on any atom is 0.336 e. The van der Waals surface area contributed by atoms with Crippen molar-refractivity contribution in [3.05, 3.63) is 77.9 Å². The largest absolute Gasteiger partial charge is 0.478 e. The van der Waals surface area contributed by atoms with Gasteiger partial charge in [0.25, 0.3) is 5.91 Å². The van der Waals surface area contributed by atoms with Gasteiger partial charge in [-0.2, -0.15) is 0 Å². The topological polar surface area (TPSA) is 114 Å². The minimum atomic E-state index is -1.05. The normalized spacial score (nSPS) is 15.0. The molecule has 0 unspecified atom stereocenters. The number of carboxylic acids is 1. The predicted octanol–water partition coefficient (Wildman–Crippen LogP) is 3.60. The number of nitrogens with zero attached hydrogens (tertiary/aromatic N) is 6. The van der Waals surface area contributed by atoms with E-state index >= 15 is 0 Å². The van der Waals surface area contributed by atoms with Gasteiger partial charge >= 0.3 is 5.97 Å². The van der Waals surface area contributed by atoms with Crippen LogP contribution in [-0.2, 0) is 6.54 Å². The van der Waals surface area contributed by atoms with Crippen LogP contribution in [0.5, 0.6) is 0 Å². The smallest absolute Gasteiger partial charge is 0.336 e. The summed E-state index contributed by atoms with van der Waals surface area (Å²) in [5.41, 5.74) is 3.00. The van der Waals surface area contributed by atoms with Gasteiger partial charge in [-0.1, -0.05) is 12.1 Å². The van der Waals surface area contributed by atoms with Gasteiger partial charge in [-0.25, -0.2) is 9.78 Å². The molecule has 6 rings (SSSR count). The number of hydrogen-bond acceptors (Lipinski definition) is 6. The minimum absolute atomic E-state index is 0.135. The number of carbonyl (C=O) groups excluding carboxylic acids is 1. The molecule has 0 saturated heterocycles. The van der Waals surface area contributed by atoms with Crippen molar-refractivity contribution < 1.29 is 14.7 Å². The third-order valence-corrected chi connectivity index (χ3v) is 6.00. The third kappa shape index (κ3) is 3.25. The van der Waals surface area contributed by atoms with E-state index in [1.807, 2.05) is 16.7 Å². The van der Waals surface area contributed by atoms with Gasteiger partial charge in [0, 0.05) is 29.6 Å². The van der Waals surface area contributed by atoms with E-state index in [1.165, 1.54) is 0 Å². The third-order valence-electron chi connectivity index (χ3n) is 6.00. The summed E-state index contributed by atoms with van der Waals surface area (Å²) in [6.45, 7) is 0.244. The minimum Gasteiger partial charge on any atom is -0.478 e. The van der Waals surface area contributed by atoms with Crippen molar-refractivity contribution in [3.8, 4) is 22.6 Å². The van der Waals surface area contributed by atoms with Crippen molar-refractivity contribution in [1.29, 1.82) is 0 Å². The van der Waals surface area contributed by atoms with E-state index in [2.05, 4.69) is 15.2 Å². The van der Waals surface area contributed by atoms with E-state index in [4.69, 9.17) is 4.98 Å². The Labute approximate surface area is 188 Å². The molecule has 33 heavy (non-hydrogen) atoms. The van der Waals surface area contributed by atoms with Crippen molar-refractivity contribution in [1.82, 2.24) is 24.7 Å². The number of aromatic carboxylic acids is 1. The number of carboxylic acid groups (broad SMARTS) is 1. The fourth-order valence-electron chi connectivity index (χ4n) is 4.23. The molecule has 0 bridgehead atoms. The van der Waals surface area contributed by atoms with Gasteiger partial charge in [-0.05, 0) is 54.3 Å². The van der Waals surface area contributed by atoms with Gasteiger partial charge in [0.15, 0.2) is 5.82 Å². The Kier molecular flexibility index (Phi) is 4.29. The van der Waals surface area contributed by atoms with Crippen molar-refractivity contribution in [2.45, 2.75) is 25.4 Å². The Morgan fingerprint density at radius 1 is 1.09 bits per heavy atom. The molecule has 3 aromatic heterocycles. The lowest BCUT2D eigenvalue weighted by molar-refractivity contribution is 0.0697. The number of benzene rings is 1. The van der Waals surface area contributed by atoms with Crippen molar-refractivity contribution in [3.63, 3.8) is 0 Å². The molecule has 1 aromatic carbocycles. The number of carbonyl (C=O) groups is 2. The van der Waals surface area contributed by atoms with Crippen LogP contribution >= 0.6 is 0 Å². The summed E-state index contributed by atoms with van der Waals surface area (Å²) in [4.78, 5) is 35.6. The van der Waals surface area contributed by atoms with Crippen LogP contribution in [0.4, 0.5) is 5.82 Å². The first-order valence-corrected chi connectivity index (χ1v) is 10.6. The Balaban J connectivity index is 1.39. The SMILES string of the molecule is O=C(O)c1cc2c(cc1-c1cccnc1)C(=O)N(c1cccc(-c3nncn3C3CC3)n1)C2. The van der Waals surface area contributed by atoms with Gasteiger partial charge in [0.2, 0.25) is 0 Å². The van der Waals surface area contributed by atoms with Gasteiger partial charge in [-0.15, -0.1) is 10.2 Å². The predicted molar refractivity (Wildman–Crippen MR) is 119 cm³/mol. The zero-order valence-corrected chi connectivity index (χ0v) is 17.4. The van der Waals surface area contributed by atoms with Crippen LogP contribution < -0.4 is 4.90 Å². The van der Waals surface area contributed by atoms with Crippen LogP contribution in [0.25, 0.3) is 22.6 Å². The van der Waals surface area contributed by atoms with Gasteiger partial charge in [0.05, 0.1) is 12.1 Å². The number of anilines is 1. The molecule has 4 heterocycles. The quantitative estimate of drug-likeness (QED) is 0.506. The summed E-state index contributed by atoms with van der Waals surface area (Å²) < 4.78 is 2.02. The summed E-state index contributed by atoms with van der Waals surface area (Å²) in [7, 11) is 0. The summed E-state index contributed by atoms with van der Waals surface area (Å²) in [6, 6.07) is 12.6. The lowest BCUT2D eigenvalue weighted by atomic mass is 9.95. The zero-order valence-electron chi connectivity index (χ0n) is 17.4. The molecule has 1 aliphatic heterocycles. The average Bonchev–Trinajstić information content (AvgIpc) is 3.48. The van der Waals surface area contributed by atoms with E-state index in [9.17, 15) is 14.7 Å². The Morgan fingerprint density at radius 3 is 2.73 bits per heavy atom. The first-order chi connectivity index (χ1) is 16.1. The van der Waals surface area contributed by atoms with Crippen LogP contribution in [0, 0.1) is 0 Å². The summed E-state index contributed by atoms with van der Waals surface area (Å²) in [5, 5.41) is 18.0. The molecule has 1 fully saturated rings. The molecule has 1 N–H and O–H groups in total. The maximum atomic E-state index is 13.3. The number of hydrogen-bond donors (Lipinski definition) is 1. The van der Waals surface area contributed by atoms with E-state index in [1.54, 1.807) is 54.0 Å². The molecule has 1 amide bonds. The molecule has 2 aliphatic rings. The van der Waals surface area contributed by atoms with Crippen LogP contribution in [0.1, 0.15) is 45.2 Å². The van der Waals surface area contributed by atoms with Crippen LogP contribution in [0.2, 0.25) is 0 Å². The fourth-order valence-corrected chi connectivity index (χ4v) is 4.23. The van der Waals surface area contributed by atoms with E-state index < -0.39 is 5.97 Å².